The molecular weight excluding hydrogens is 414 g/mol. The molecule has 0 aliphatic rings. The second-order valence-corrected chi connectivity index (χ2v) is 7.80. The molecular formula is C23H19N3O4S. The number of anilines is 1. The molecule has 31 heavy (non-hydrogen) atoms. The zero-order valence-electron chi connectivity index (χ0n) is 16.7. The highest BCUT2D eigenvalue weighted by molar-refractivity contribution is 7.99. The Labute approximate surface area is 182 Å². The molecule has 156 valence electrons. The first-order chi connectivity index (χ1) is 15.0. The number of para-hydroxylation sites is 1. The van der Waals surface area contributed by atoms with Crippen molar-refractivity contribution in [1.29, 1.82) is 0 Å². The van der Waals surface area contributed by atoms with Crippen LogP contribution >= 0.6 is 11.8 Å². The van der Waals surface area contributed by atoms with Gasteiger partial charge in [0, 0.05) is 18.2 Å². The Bertz CT molecular complexity index is 1290. The summed E-state index contributed by atoms with van der Waals surface area (Å²) in [5.74, 6) is 0.460. The van der Waals surface area contributed by atoms with E-state index in [1.165, 1.54) is 23.3 Å². The average Bonchev–Trinajstić information content (AvgIpc) is 3.28. The van der Waals surface area contributed by atoms with Crippen LogP contribution in [0.2, 0.25) is 0 Å². The van der Waals surface area contributed by atoms with Crippen LogP contribution in [0.25, 0.3) is 10.9 Å². The van der Waals surface area contributed by atoms with Gasteiger partial charge in [0.05, 0.1) is 29.5 Å². The maximum atomic E-state index is 13.1. The fourth-order valence-corrected chi connectivity index (χ4v) is 4.00. The largest absolute Gasteiger partial charge is 0.467 e. The topological polar surface area (TPSA) is 94.2 Å². The number of rotatable bonds is 7. The van der Waals surface area contributed by atoms with Gasteiger partial charge in [0.25, 0.3) is 5.56 Å². The molecule has 0 spiro atoms. The standard InChI is InChI=1S/C23H19N3O4S/c1-15(27)24-17-10-8-16(9-11-17)21(28)14-31-23-25-20-7-3-2-6-19(20)22(29)26(23)13-18-5-4-12-30-18/h2-12H,13-14H2,1H3,(H,24,27). The summed E-state index contributed by atoms with van der Waals surface area (Å²) in [6.07, 6.45) is 1.55. The molecule has 1 amide bonds. The van der Waals surface area contributed by atoms with Crippen LogP contribution in [0.3, 0.4) is 0 Å². The first kappa shape index (κ1) is 20.6. The van der Waals surface area contributed by atoms with Gasteiger partial charge >= 0.3 is 0 Å². The van der Waals surface area contributed by atoms with Crippen LogP contribution in [0.5, 0.6) is 0 Å². The number of benzene rings is 2. The van der Waals surface area contributed by atoms with Crippen molar-refractivity contribution >= 4 is 40.0 Å². The fourth-order valence-electron chi connectivity index (χ4n) is 3.11. The summed E-state index contributed by atoms with van der Waals surface area (Å²) in [7, 11) is 0. The number of ketones is 1. The number of carbonyl (C=O) groups is 2. The smallest absolute Gasteiger partial charge is 0.262 e. The van der Waals surface area contributed by atoms with Crippen LogP contribution in [0.4, 0.5) is 5.69 Å². The van der Waals surface area contributed by atoms with Crippen molar-refractivity contribution in [2.45, 2.75) is 18.6 Å². The summed E-state index contributed by atoms with van der Waals surface area (Å²) in [6, 6.07) is 17.4. The number of nitrogens with one attached hydrogen (secondary N) is 1. The molecule has 0 aliphatic heterocycles. The third-order valence-electron chi connectivity index (χ3n) is 4.58. The molecule has 8 heteroatoms. The minimum atomic E-state index is -0.184. The number of hydrogen-bond donors (Lipinski definition) is 1. The van der Waals surface area contributed by atoms with Gasteiger partial charge in [-0.05, 0) is 48.5 Å². The molecule has 0 saturated heterocycles. The number of amides is 1. The molecule has 2 aromatic carbocycles. The SMILES string of the molecule is CC(=O)Nc1ccc(C(=O)CSc2nc3ccccc3c(=O)n2Cc2ccco2)cc1. The maximum Gasteiger partial charge on any atom is 0.262 e. The van der Waals surface area contributed by atoms with E-state index < -0.39 is 0 Å². The Balaban J connectivity index is 1.59. The Morgan fingerprint density at radius 2 is 1.84 bits per heavy atom. The summed E-state index contributed by atoms with van der Waals surface area (Å²) >= 11 is 1.21. The predicted octanol–water partition coefficient (Wildman–Crippen LogP) is 3.97. The van der Waals surface area contributed by atoms with Gasteiger partial charge in [-0.2, -0.15) is 0 Å². The molecule has 2 heterocycles. The monoisotopic (exact) mass is 433 g/mol. The Kier molecular flexibility index (Phi) is 5.99. The van der Waals surface area contributed by atoms with E-state index in [4.69, 9.17) is 4.42 Å². The molecule has 0 aliphatic carbocycles. The second-order valence-electron chi connectivity index (χ2n) is 6.85. The molecule has 0 unspecified atom stereocenters. The summed E-state index contributed by atoms with van der Waals surface area (Å²) < 4.78 is 6.93. The number of nitrogens with zero attached hydrogens (tertiary/aromatic N) is 2. The van der Waals surface area contributed by atoms with Crippen molar-refractivity contribution in [2.75, 3.05) is 11.1 Å². The number of Topliss-reactive ketones (excluding diaryl/α,β-unsaturated/α-hetero) is 1. The lowest BCUT2D eigenvalue weighted by Crippen LogP contribution is -2.24. The van der Waals surface area contributed by atoms with Crippen molar-refractivity contribution in [1.82, 2.24) is 9.55 Å². The van der Waals surface area contributed by atoms with E-state index in [-0.39, 0.29) is 29.5 Å². The number of thioether (sulfide) groups is 1. The van der Waals surface area contributed by atoms with Gasteiger partial charge in [0.1, 0.15) is 5.76 Å². The van der Waals surface area contributed by atoms with Gasteiger partial charge in [0.2, 0.25) is 5.91 Å². The highest BCUT2D eigenvalue weighted by Gasteiger charge is 2.15. The van der Waals surface area contributed by atoms with Gasteiger partial charge < -0.3 is 9.73 Å². The van der Waals surface area contributed by atoms with E-state index in [1.807, 2.05) is 6.07 Å². The van der Waals surface area contributed by atoms with Crippen LogP contribution < -0.4 is 10.9 Å². The fraction of sp³-hybridized carbons (Fsp3) is 0.130. The molecule has 0 fully saturated rings. The van der Waals surface area contributed by atoms with E-state index in [2.05, 4.69) is 10.3 Å². The minimum absolute atomic E-state index is 0.105. The summed E-state index contributed by atoms with van der Waals surface area (Å²) in [5, 5.41) is 3.63. The molecule has 4 aromatic rings. The number of aromatic nitrogens is 2. The van der Waals surface area contributed by atoms with Gasteiger partial charge in [-0.1, -0.05) is 23.9 Å². The molecule has 4 rings (SSSR count). The van der Waals surface area contributed by atoms with Gasteiger partial charge in [0.15, 0.2) is 10.9 Å². The zero-order valence-corrected chi connectivity index (χ0v) is 17.5. The predicted molar refractivity (Wildman–Crippen MR) is 120 cm³/mol. The normalized spacial score (nSPS) is 10.9. The molecule has 0 bridgehead atoms. The van der Waals surface area contributed by atoms with Crippen molar-refractivity contribution in [3.05, 3.63) is 88.6 Å². The van der Waals surface area contributed by atoms with Crippen molar-refractivity contribution < 1.29 is 14.0 Å². The number of hydrogen-bond acceptors (Lipinski definition) is 6. The van der Waals surface area contributed by atoms with E-state index in [9.17, 15) is 14.4 Å². The van der Waals surface area contributed by atoms with Gasteiger partial charge in [-0.15, -0.1) is 0 Å². The third-order valence-corrected chi connectivity index (χ3v) is 5.56. The van der Waals surface area contributed by atoms with Crippen LogP contribution in [0, 0.1) is 0 Å². The maximum absolute atomic E-state index is 13.1. The van der Waals surface area contributed by atoms with E-state index in [0.717, 1.165) is 0 Å². The van der Waals surface area contributed by atoms with Crippen LogP contribution in [0.15, 0.2) is 81.3 Å². The van der Waals surface area contributed by atoms with Crippen LogP contribution in [-0.2, 0) is 11.3 Å². The lowest BCUT2D eigenvalue weighted by atomic mass is 10.1. The molecule has 2 aromatic heterocycles. The van der Waals surface area contributed by atoms with Gasteiger partial charge in [-0.3, -0.25) is 19.0 Å². The summed E-state index contributed by atoms with van der Waals surface area (Å²) in [5.41, 5.74) is 1.54. The summed E-state index contributed by atoms with van der Waals surface area (Å²) in [6.45, 7) is 1.65. The molecule has 1 N–H and O–H groups in total. The lowest BCUT2D eigenvalue weighted by Gasteiger charge is -2.12. The molecule has 7 nitrogen and oxygen atoms in total. The quantitative estimate of drug-likeness (QED) is 0.269. The Morgan fingerprint density at radius 1 is 1.06 bits per heavy atom. The first-order valence-electron chi connectivity index (χ1n) is 9.57. The Hall–Kier alpha value is -3.65. The average molecular weight is 433 g/mol. The number of furan rings is 1. The number of fused-ring (bicyclic) bond motifs is 1. The van der Waals surface area contributed by atoms with Crippen molar-refractivity contribution in [3.8, 4) is 0 Å². The highest BCUT2D eigenvalue weighted by atomic mass is 32.2. The van der Waals surface area contributed by atoms with E-state index in [0.29, 0.717) is 33.1 Å². The lowest BCUT2D eigenvalue weighted by molar-refractivity contribution is -0.114. The van der Waals surface area contributed by atoms with Gasteiger partial charge in [-0.25, -0.2) is 4.98 Å². The minimum Gasteiger partial charge on any atom is -0.467 e. The van der Waals surface area contributed by atoms with E-state index in [1.54, 1.807) is 60.9 Å². The van der Waals surface area contributed by atoms with Crippen molar-refractivity contribution in [2.24, 2.45) is 0 Å². The molecule has 0 saturated carbocycles. The molecule has 0 atom stereocenters. The summed E-state index contributed by atoms with van der Waals surface area (Å²) in [4.78, 5) is 41.5. The van der Waals surface area contributed by atoms with E-state index >= 15 is 0 Å². The Morgan fingerprint density at radius 3 is 2.55 bits per heavy atom. The third kappa shape index (κ3) is 4.75. The number of carbonyl (C=O) groups excluding carboxylic acids is 2. The van der Waals surface area contributed by atoms with Crippen molar-refractivity contribution in [3.63, 3.8) is 0 Å². The van der Waals surface area contributed by atoms with Crippen LogP contribution in [0.1, 0.15) is 23.0 Å². The first-order valence-corrected chi connectivity index (χ1v) is 10.6. The highest BCUT2D eigenvalue weighted by Crippen LogP contribution is 2.21. The zero-order chi connectivity index (χ0) is 21.8. The molecule has 0 radical (unpaired) electrons. The van der Waals surface area contributed by atoms with Crippen LogP contribution in [-0.4, -0.2) is 27.0 Å². The second kappa shape index (κ2) is 9.01.